The van der Waals surface area contributed by atoms with E-state index in [1.54, 1.807) is 0 Å². The molecule has 6 nitrogen and oxygen atoms in total. The van der Waals surface area contributed by atoms with Crippen LogP contribution in [0.2, 0.25) is 0 Å². The number of hydrogen-bond acceptors (Lipinski definition) is 5. The summed E-state index contributed by atoms with van der Waals surface area (Å²) >= 11 is 0. The highest BCUT2D eigenvalue weighted by Gasteiger charge is 2.26. The van der Waals surface area contributed by atoms with Crippen LogP contribution in [0, 0.1) is 0 Å². The summed E-state index contributed by atoms with van der Waals surface area (Å²) in [7, 11) is 0. The molecule has 2 N–H and O–H groups in total. The zero-order chi connectivity index (χ0) is 37.5. The van der Waals surface area contributed by atoms with Gasteiger partial charge in [-0.2, -0.15) is 0 Å². The van der Waals surface area contributed by atoms with Crippen LogP contribution in [0.15, 0.2) is 196 Å². The van der Waals surface area contributed by atoms with Gasteiger partial charge in [0.25, 0.3) is 0 Å². The van der Waals surface area contributed by atoms with E-state index in [9.17, 15) is 0 Å². The standard InChI is InChI=1S/C51H34N4O2/c1-3-13-31(14-4-1)49-52-50(32-15-5-2-6-16-32)54-51(53-49)34-25-27-38-39-20-11-19-35(47(39)57-46(38)30-34)33-26-28-45-41(29-33)40-21-12-24-44(48(40)56-45)55-42-22-9-7-17-36(42)37-18-8-10-23-43(37)55/h1-30,49,51,53H,(H,52,54). The van der Waals surface area contributed by atoms with E-state index in [2.05, 4.69) is 173 Å². The largest absolute Gasteiger partial charge is 0.455 e. The summed E-state index contributed by atoms with van der Waals surface area (Å²) in [5.74, 6) is 0.851. The molecule has 0 spiro atoms. The van der Waals surface area contributed by atoms with E-state index in [0.717, 1.165) is 94.3 Å². The molecule has 0 saturated heterocycles. The average Bonchev–Trinajstić information content (AvgIpc) is 3.96. The monoisotopic (exact) mass is 734 g/mol. The first kappa shape index (κ1) is 31.9. The first-order chi connectivity index (χ1) is 28.2. The third kappa shape index (κ3) is 5.04. The topological polar surface area (TPSA) is 67.6 Å². The maximum Gasteiger partial charge on any atom is 0.159 e. The highest BCUT2D eigenvalue weighted by Crippen LogP contribution is 2.42. The number of amidine groups is 1. The van der Waals surface area contributed by atoms with Crippen molar-refractivity contribution in [3.05, 3.63) is 199 Å². The number of nitrogens with zero attached hydrogens (tertiary/aromatic N) is 2. The van der Waals surface area contributed by atoms with E-state index in [4.69, 9.17) is 13.8 Å². The lowest BCUT2D eigenvalue weighted by atomic mass is 10.00. The van der Waals surface area contributed by atoms with Gasteiger partial charge in [-0.05, 0) is 53.1 Å². The fourth-order valence-electron chi connectivity index (χ4n) is 8.81. The number of para-hydroxylation sites is 4. The molecule has 8 aromatic carbocycles. The van der Waals surface area contributed by atoms with E-state index in [-0.39, 0.29) is 12.3 Å². The Morgan fingerprint density at radius 1 is 0.456 bits per heavy atom. The molecular formula is C51H34N4O2. The Kier molecular flexibility index (Phi) is 7.03. The summed E-state index contributed by atoms with van der Waals surface area (Å²) in [5, 5.41) is 14.1. The molecule has 6 heteroatoms. The second-order valence-electron chi connectivity index (χ2n) is 14.8. The fourth-order valence-corrected chi connectivity index (χ4v) is 8.81. The minimum Gasteiger partial charge on any atom is -0.455 e. The third-order valence-electron chi connectivity index (χ3n) is 11.5. The Balaban J connectivity index is 0.962. The summed E-state index contributed by atoms with van der Waals surface area (Å²) < 4.78 is 15.8. The van der Waals surface area contributed by atoms with Crippen molar-refractivity contribution in [3.63, 3.8) is 0 Å². The van der Waals surface area contributed by atoms with Crippen LogP contribution in [0.3, 0.4) is 0 Å². The molecule has 0 amide bonds. The molecule has 0 aliphatic carbocycles. The Morgan fingerprint density at radius 2 is 1.12 bits per heavy atom. The second kappa shape index (κ2) is 12.6. The number of aromatic nitrogens is 1. The van der Waals surface area contributed by atoms with Gasteiger partial charge in [0.15, 0.2) is 5.58 Å². The lowest BCUT2D eigenvalue weighted by Gasteiger charge is -2.32. The van der Waals surface area contributed by atoms with Crippen LogP contribution in [0.1, 0.15) is 29.0 Å². The Bertz CT molecular complexity index is 3320. The van der Waals surface area contributed by atoms with Crippen molar-refractivity contribution in [1.29, 1.82) is 0 Å². The minimum absolute atomic E-state index is 0.117. The average molecular weight is 735 g/mol. The number of fused-ring (bicyclic) bond motifs is 9. The van der Waals surface area contributed by atoms with E-state index in [1.165, 1.54) is 10.8 Å². The highest BCUT2D eigenvalue weighted by molar-refractivity contribution is 6.14. The molecule has 12 rings (SSSR count). The molecule has 2 unspecified atom stereocenters. The number of benzene rings is 8. The second-order valence-corrected chi connectivity index (χ2v) is 14.8. The fraction of sp³-hybridized carbons (Fsp3) is 0.0392. The summed E-state index contributed by atoms with van der Waals surface area (Å²) in [6.07, 6.45) is -0.401. The van der Waals surface area contributed by atoms with Crippen LogP contribution >= 0.6 is 0 Å². The van der Waals surface area contributed by atoms with Crippen LogP contribution < -0.4 is 10.6 Å². The molecule has 270 valence electrons. The van der Waals surface area contributed by atoms with Crippen molar-refractivity contribution < 1.29 is 8.83 Å². The molecule has 1 aliphatic heterocycles. The van der Waals surface area contributed by atoms with Crippen molar-refractivity contribution in [1.82, 2.24) is 15.2 Å². The van der Waals surface area contributed by atoms with Gasteiger partial charge in [0.05, 0.1) is 16.7 Å². The van der Waals surface area contributed by atoms with Gasteiger partial charge < -0.3 is 18.7 Å². The Labute approximate surface area is 327 Å². The molecule has 57 heavy (non-hydrogen) atoms. The van der Waals surface area contributed by atoms with Crippen molar-refractivity contribution >= 4 is 71.5 Å². The van der Waals surface area contributed by atoms with Gasteiger partial charge in [-0.3, -0.25) is 5.32 Å². The van der Waals surface area contributed by atoms with Crippen molar-refractivity contribution in [3.8, 4) is 16.8 Å². The van der Waals surface area contributed by atoms with E-state index < -0.39 is 0 Å². The number of hydrogen-bond donors (Lipinski definition) is 2. The van der Waals surface area contributed by atoms with E-state index >= 15 is 0 Å². The SMILES string of the molecule is c1ccc(C2=NC(c3ccc4c(c3)oc3c(-c5ccc6oc7c(-n8c9ccccc9c9ccccc98)cccc7c6c5)cccc34)NC(c3ccccc3)N2)cc1. The molecule has 2 atom stereocenters. The van der Waals surface area contributed by atoms with Crippen LogP contribution in [0.5, 0.6) is 0 Å². The molecular weight excluding hydrogens is 701 g/mol. The number of nitrogens with one attached hydrogen (secondary N) is 2. The van der Waals surface area contributed by atoms with Crippen molar-refractivity contribution in [2.45, 2.75) is 12.3 Å². The first-order valence-corrected chi connectivity index (χ1v) is 19.4. The summed E-state index contributed by atoms with van der Waals surface area (Å²) in [6.45, 7) is 0. The van der Waals surface area contributed by atoms with Gasteiger partial charge in [0, 0.05) is 43.4 Å². The predicted octanol–water partition coefficient (Wildman–Crippen LogP) is 12.6. The van der Waals surface area contributed by atoms with Gasteiger partial charge in [-0.1, -0.05) is 146 Å². The molecule has 1 aliphatic rings. The molecule has 0 saturated carbocycles. The van der Waals surface area contributed by atoms with Crippen molar-refractivity contribution in [2.24, 2.45) is 4.99 Å². The van der Waals surface area contributed by atoms with Crippen LogP contribution in [0.4, 0.5) is 0 Å². The quantitative estimate of drug-likeness (QED) is 0.185. The Morgan fingerprint density at radius 3 is 1.91 bits per heavy atom. The molecule has 11 aromatic rings. The molecule has 0 fully saturated rings. The predicted molar refractivity (Wildman–Crippen MR) is 232 cm³/mol. The molecule has 3 aromatic heterocycles. The zero-order valence-corrected chi connectivity index (χ0v) is 30.7. The molecule has 4 heterocycles. The lowest BCUT2D eigenvalue weighted by Crippen LogP contribution is -2.44. The number of aliphatic imine (C=N–C) groups is 1. The van der Waals surface area contributed by atoms with Crippen LogP contribution in [-0.4, -0.2) is 10.4 Å². The van der Waals surface area contributed by atoms with Gasteiger partial charge in [0.1, 0.15) is 34.9 Å². The van der Waals surface area contributed by atoms with E-state index in [0.29, 0.717) is 0 Å². The smallest absolute Gasteiger partial charge is 0.159 e. The van der Waals surface area contributed by atoms with Gasteiger partial charge in [0.2, 0.25) is 0 Å². The zero-order valence-electron chi connectivity index (χ0n) is 30.7. The van der Waals surface area contributed by atoms with Crippen LogP contribution in [-0.2, 0) is 0 Å². The third-order valence-corrected chi connectivity index (χ3v) is 11.5. The van der Waals surface area contributed by atoms with Crippen molar-refractivity contribution in [2.75, 3.05) is 0 Å². The minimum atomic E-state index is -0.284. The number of rotatable bonds is 5. The van der Waals surface area contributed by atoms with Gasteiger partial charge >= 0.3 is 0 Å². The normalized spacial score (nSPS) is 15.9. The summed E-state index contributed by atoms with van der Waals surface area (Å²) in [4.78, 5) is 5.17. The number of furan rings is 2. The summed E-state index contributed by atoms with van der Waals surface area (Å²) in [6, 6.07) is 63.7. The Hall–Kier alpha value is -7.41. The first-order valence-electron chi connectivity index (χ1n) is 19.4. The summed E-state index contributed by atoms with van der Waals surface area (Å²) in [5.41, 5.74) is 12.1. The maximum absolute atomic E-state index is 6.80. The van der Waals surface area contributed by atoms with Gasteiger partial charge in [-0.25, -0.2) is 4.99 Å². The molecule has 0 bridgehead atoms. The highest BCUT2D eigenvalue weighted by atomic mass is 16.3. The van der Waals surface area contributed by atoms with Crippen LogP contribution in [0.25, 0.3) is 82.5 Å². The maximum atomic E-state index is 6.80. The molecule has 0 radical (unpaired) electrons. The van der Waals surface area contributed by atoms with E-state index in [1.807, 2.05) is 24.3 Å². The lowest BCUT2D eigenvalue weighted by molar-refractivity contribution is 0.409. The van der Waals surface area contributed by atoms with Gasteiger partial charge in [-0.15, -0.1) is 0 Å².